The summed E-state index contributed by atoms with van der Waals surface area (Å²) < 4.78 is 1.09. The minimum Gasteiger partial charge on any atom is -0.309 e. The van der Waals surface area contributed by atoms with E-state index in [0.717, 1.165) is 16.0 Å². The van der Waals surface area contributed by atoms with Gasteiger partial charge in [-0.3, -0.25) is 0 Å². The third-order valence-corrected chi connectivity index (χ3v) is 3.74. The second-order valence-corrected chi connectivity index (χ2v) is 5.76. The number of benzene rings is 1. The zero-order valence-electron chi connectivity index (χ0n) is 8.27. The maximum Gasteiger partial charge on any atom is 0.0417 e. The highest BCUT2D eigenvalue weighted by molar-refractivity contribution is 9.10. The smallest absolute Gasteiger partial charge is 0.0417 e. The maximum absolute atomic E-state index is 5.90. The molecule has 1 atom stereocenters. The first kappa shape index (κ1) is 10.5. The first-order valence-corrected chi connectivity index (χ1v) is 5.86. The van der Waals surface area contributed by atoms with E-state index in [-0.39, 0.29) is 0 Å². The van der Waals surface area contributed by atoms with Crippen LogP contribution in [0.2, 0.25) is 5.02 Å². The normalized spacial score (nSPS) is 24.4. The highest BCUT2D eigenvalue weighted by Crippen LogP contribution is 2.43. The Morgan fingerprint density at radius 2 is 2.21 bits per heavy atom. The predicted octanol–water partition coefficient (Wildman–Crippen LogP) is 3.77. The fourth-order valence-electron chi connectivity index (χ4n) is 1.88. The van der Waals surface area contributed by atoms with Crippen molar-refractivity contribution in [3.05, 3.63) is 33.3 Å². The summed E-state index contributed by atoms with van der Waals surface area (Å²) in [4.78, 5) is 0. The molecule has 0 saturated carbocycles. The average Bonchev–Trinajstić information content (AvgIpc) is 2.08. The molecule has 3 heteroatoms. The van der Waals surface area contributed by atoms with E-state index in [1.165, 1.54) is 5.56 Å². The van der Waals surface area contributed by atoms with E-state index in [0.29, 0.717) is 11.5 Å². The zero-order valence-corrected chi connectivity index (χ0v) is 10.6. The van der Waals surface area contributed by atoms with Gasteiger partial charge in [0.05, 0.1) is 0 Å². The molecule has 1 aromatic rings. The van der Waals surface area contributed by atoms with Gasteiger partial charge < -0.3 is 5.32 Å². The van der Waals surface area contributed by atoms with Crippen LogP contribution in [-0.2, 0) is 0 Å². The molecule has 1 aliphatic heterocycles. The van der Waals surface area contributed by atoms with Crippen LogP contribution >= 0.6 is 27.5 Å². The SMILES string of the molecule is CC1(C)CNC1c1ccc(Cl)cc1Br. The third kappa shape index (κ3) is 1.71. The summed E-state index contributed by atoms with van der Waals surface area (Å²) in [5.74, 6) is 0. The zero-order chi connectivity index (χ0) is 10.3. The van der Waals surface area contributed by atoms with Crippen LogP contribution in [0.3, 0.4) is 0 Å². The molecule has 76 valence electrons. The van der Waals surface area contributed by atoms with Gasteiger partial charge in [0.15, 0.2) is 0 Å². The molecule has 1 unspecified atom stereocenters. The Morgan fingerprint density at radius 3 is 2.64 bits per heavy atom. The second kappa shape index (κ2) is 3.51. The Hall–Kier alpha value is -0.0500. The van der Waals surface area contributed by atoms with Crippen LogP contribution in [0.5, 0.6) is 0 Å². The molecule has 1 nitrogen and oxygen atoms in total. The molecule has 0 spiro atoms. The lowest BCUT2D eigenvalue weighted by Gasteiger charge is -2.46. The van der Waals surface area contributed by atoms with Crippen LogP contribution in [0.1, 0.15) is 25.5 Å². The molecule has 1 aliphatic rings. The van der Waals surface area contributed by atoms with E-state index in [2.05, 4.69) is 41.2 Å². The Labute approximate surface area is 98.0 Å². The molecule has 0 bridgehead atoms. The first-order chi connectivity index (χ1) is 6.50. The van der Waals surface area contributed by atoms with Crippen molar-refractivity contribution in [1.29, 1.82) is 0 Å². The standard InChI is InChI=1S/C11H13BrClN/c1-11(2)6-14-10(11)8-4-3-7(13)5-9(8)12/h3-5,10,14H,6H2,1-2H3. The van der Waals surface area contributed by atoms with E-state index >= 15 is 0 Å². The first-order valence-electron chi connectivity index (χ1n) is 4.69. The highest BCUT2D eigenvalue weighted by Gasteiger charge is 2.39. The van der Waals surface area contributed by atoms with Crippen LogP contribution in [0.25, 0.3) is 0 Å². The Bertz CT molecular complexity index is 362. The molecule has 14 heavy (non-hydrogen) atoms. The second-order valence-electron chi connectivity index (χ2n) is 4.47. The van der Waals surface area contributed by atoms with Crippen molar-refractivity contribution < 1.29 is 0 Å². The monoisotopic (exact) mass is 273 g/mol. The van der Waals surface area contributed by atoms with Gasteiger partial charge in [0, 0.05) is 22.1 Å². The predicted molar refractivity (Wildman–Crippen MR) is 63.7 cm³/mol. The van der Waals surface area contributed by atoms with E-state index in [1.54, 1.807) is 0 Å². The average molecular weight is 275 g/mol. The van der Waals surface area contributed by atoms with Crippen LogP contribution in [0.4, 0.5) is 0 Å². The molecule has 1 aromatic carbocycles. The van der Waals surface area contributed by atoms with E-state index in [9.17, 15) is 0 Å². The Morgan fingerprint density at radius 1 is 1.50 bits per heavy atom. The largest absolute Gasteiger partial charge is 0.309 e. The van der Waals surface area contributed by atoms with Gasteiger partial charge in [0.2, 0.25) is 0 Å². The lowest BCUT2D eigenvalue weighted by atomic mass is 9.74. The number of hydrogen-bond acceptors (Lipinski definition) is 1. The van der Waals surface area contributed by atoms with Crippen molar-refractivity contribution >= 4 is 27.5 Å². The van der Waals surface area contributed by atoms with Crippen molar-refractivity contribution in [3.8, 4) is 0 Å². The lowest BCUT2D eigenvalue weighted by Crippen LogP contribution is -2.52. The van der Waals surface area contributed by atoms with Gasteiger partial charge in [-0.25, -0.2) is 0 Å². The van der Waals surface area contributed by atoms with Crippen LogP contribution in [0, 0.1) is 5.41 Å². The number of hydrogen-bond donors (Lipinski definition) is 1. The summed E-state index contributed by atoms with van der Waals surface area (Å²) in [6.07, 6.45) is 0. The van der Waals surface area contributed by atoms with Gasteiger partial charge in [-0.05, 0) is 23.1 Å². The van der Waals surface area contributed by atoms with Crippen LogP contribution in [-0.4, -0.2) is 6.54 Å². The van der Waals surface area contributed by atoms with Gasteiger partial charge >= 0.3 is 0 Å². The molecule has 1 heterocycles. The quantitative estimate of drug-likeness (QED) is 0.822. The summed E-state index contributed by atoms with van der Waals surface area (Å²) >= 11 is 9.45. The van der Waals surface area contributed by atoms with Crippen LogP contribution < -0.4 is 5.32 Å². The van der Waals surface area contributed by atoms with E-state index in [1.807, 2.05) is 12.1 Å². The molecule has 1 N–H and O–H groups in total. The molecule has 0 aliphatic carbocycles. The van der Waals surface area contributed by atoms with Gasteiger partial charge in [0.1, 0.15) is 0 Å². The summed E-state index contributed by atoms with van der Waals surface area (Å²) in [6.45, 7) is 5.62. The summed E-state index contributed by atoms with van der Waals surface area (Å²) in [7, 11) is 0. The van der Waals surface area contributed by atoms with Gasteiger partial charge in [-0.1, -0.05) is 47.4 Å². The molecule has 1 fully saturated rings. The number of halogens is 2. The third-order valence-electron chi connectivity index (χ3n) is 2.82. The molecule has 0 amide bonds. The lowest BCUT2D eigenvalue weighted by molar-refractivity contribution is 0.128. The molecule has 1 saturated heterocycles. The fourth-order valence-corrected chi connectivity index (χ4v) is 2.79. The highest BCUT2D eigenvalue weighted by atomic mass is 79.9. The van der Waals surface area contributed by atoms with Gasteiger partial charge in [0.25, 0.3) is 0 Å². The summed E-state index contributed by atoms with van der Waals surface area (Å²) in [5.41, 5.74) is 1.64. The molecule has 0 aromatic heterocycles. The van der Waals surface area contributed by atoms with E-state index in [4.69, 9.17) is 11.6 Å². The van der Waals surface area contributed by atoms with Crippen LogP contribution in [0.15, 0.2) is 22.7 Å². The number of rotatable bonds is 1. The number of nitrogens with one attached hydrogen (secondary N) is 1. The topological polar surface area (TPSA) is 12.0 Å². The fraction of sp³-hybridized carbons (Fsp3) is 0.455. The van der Waals surface area contributed by atoms with Crippen molar-refractivity contribution in [1.82, 2.24) is 5.32 Å². The maximum atomic E-state index is 5.90. The molecule has 0 radical (unpaired) electrons. The Kier molecular flexibility index (Phi) is 2.63. The summed E-state index contributed by atoms with van der Waals surface area (Å²) in [6, 6.07) is 6.42. The minimum absolute atomic E-state index is 0.344. The summed E-state index contributed by atoms with van der Waals surface area (Å²) in [5, 5.41) is 4.21. The van der Waals surface area contributed by atoms with Gasteiger partial charge in [-0.15, -0.1) is 0 Å². The van der Waals surface area contributed by atoms with Crippen molar-refractivity contribution in [2.24, 2.45) is 5.41 Å². The Balaban J connectivity index is 2.33. The molecule has 2 rings (SSSR count). The minimum atomic E-state index is 0.344. The van der Waals surface area contributed by atoms with E-state index < -0.39 is 0 Å². The molecular formula is C11H13BrClN. The van der Waals surface area contributed by atoms with Gasteiger partial charge in [-0.2, -0.15) is 0 Å². The molecular weight excluding hydrogens is 261 g/mol. The van der Waals surface area contributed by atoms with Crippen molar-refractivity contribution in [3.63, 3.8) is 0 Å². The van der Waals surface area contributed by atoms with Crippen molar-refractivity contribution in [2.45, 2.75) is 19.9 Å². The van der Waals surface area contributed by atoms with Crippen molar-refractivity contribution in [2.75, 3.05) is 6.54 Å².